The molecule has 1 aromatic rings. The molecule has 84 valence electrons. The fraction of sp³-hybridized carbons (Fsp3) is 0.545. The Morgan fingerprint density at radius 2 is 2.07 bits per heavy atom. The van der Waals surface area contributed by atoms with Crippen LogP contribution in [-0.4, -0.2) is 24.7 Å². The highest BCUT2D eigenvalue weighted by Crippen LogP contribution is 2.35. The average molecular weight is 227 g/mol. The Balaban J connectivity index is 2.61. The fourth-order valence-corrected chi connectivity index (χ4v) is 1.48. The van der Waals surface area contributed by atoms with E-state index in [9.17, 15) is 4.57 Å². The molecule has 4 heteroatoms. The molecular formula is C11H18NO2P. The number of ether oxygens (including phenoxy) is 1. The Hall–Kier alpha value is -0.820. The van der Waals surface area contributed by atoms with Gasteiger partial charge >= 0.3 is 0 Å². The van der Waals surface area contributed by atoms with E-state index in [-0.39, 0.29) is 6.35 Å². The van der Waals surface area contributed by atoms with Crippen molar-refractivity contribution in [3.05, 3.63) is 23.9 Å². The second-order valence-corrected chi connectivity index (χ2v) is 7.84. The maximum absolute atomic E-state index is 11.4. The summed E-state index contributed by atoms with van der Waals surface area (Å²) in [6.07, 6.45) is 2.05. The van der Waals surface area contributed by atoms with Crippen LogP contribution in [0.3, 0.4) is 0 Å². The minimum atomic E-state index is -2.12. The summed E-state index contributed by atoms with van der Waals surface area (Å²) in [4.78, 5) is 4.16. The van der Waals surface area contributed by atoms with E-state index in [0.717, 1.165) is 0 Å². The largest absolute Gasteiger partial charge is 0.470 e. The fourth-order valence-electron chi connectivity index (χ4n) is 1.04. The van der Waals surface area contributed by atoms with Gasteiger partial charge < -0.3 is 9.30 Å². The van der Waals surface area contributed by atoms with Crippen LogP contribution < -0.4 is 4.74 Å². The van der Waals surface area contributed by atoms with Crippen molar-refractivity contribution in [1.29, 1.82) is 0 Å². The van der Waals surface area contributed by atoms with Gasteiger partial charge in [0, 0.05) is 12.3 Å². The van der Waals surface area contributed by atoms with Crippen molar-refractivity contribution in [3.63, 3.8) is 0 Å². The quantitative estimate of drug-likeness (QED) is 0.741. The van der Waals surface area contributed by atoms with Gasteiger partial charge in [-0.2, -0.15) is 0 Å². The molecule has 0 radical (unpaired) electrons. The van der Waals surface area contributed by atoms with Crippen LogP contribution in [-0.2, 0) is 4.57 Å². The lowest BCUT2D eigenvalue weighted by Gasteiger charge is -2.09. The van der Waals surface area contributed by atoms with Gasteiger partial charge in [-0.15, -0.1) is 0 Å². The van der Waals surface area contributed by atoms with E-state index in [2.05, 4.69) is 18.8 Å². The van der Waals surface area contributed by atoms with Crippen molar-refractivity contribution in [2.24, 2.45) is 0 Å². The van der Waals surface area contributed by atoms with Crippen LogP contribution in [0.5, 0.6) is 5.88 Å². The zero-order valence-corrected chi connectivity index (χ0v) is 10.6. The maximum Gasteiger partial charge on any atom is 0.213 e. The highest BCUT2D eigenvalue weighted by Gasteiger charge is 2.08. The molecule has 1 rings (SSSR count). The topological polar surface area (TPSA) is 39.2 Å². The van der Waals surface area contributed by atoms with Crippen molar-refractivity contribution in [3.8, 4) is 5.88 Å². The number of nitrogens with zero attached hydrogens (tertiary/aromatic N) is 1. The highest BCUT2D eigenvalue weighted by molar-refractivity contribution is 7.62. The van der Waals surface area contributed by atoms with E-state index in [1.54, 1.807) is 19.5 Å². The molecule has 15 heavy (non-hydrogen) atoms. The summed E-state index contributed by atoms with van der Waals surface area (Å²) < 4.78 is 16.7. The molecule has 0 aliphatic carbocycles. The van der Waals surface area contributed by atoms with Crippen molar-refractivity contribution in [2.75, 3.05) is 19.7 Å². The van der Waals surface area contributed by atoms with Gasteiger partial charge in [-0.25, -0.2) is 4.98 Å². The molecule has 0 aliphatic heterocycles. The van der Waals surface area contributed by atoms with Crippen molar-refractivity contribution in [2.45, 2.75) is 19.8 Å². The number of pyridine rings is 1. The third-order valence-electron chi connectivity index (χ3n) is 1.95. The van der Waals surface area contributed by atoms with E-state index in [1.807, 2.05) is 12.1 Å². The van der Waals surface area contributed by atoms with Crippen LogP contribution >= 0.6 is 7.14 Å². The van der Waals surface area contributed by atoms with Gasteiger partial charge in [0.1, 0.15) is 13.5 Å². The van der Waals surface area contributed by atoms with E-state index in [0.29, 0.717) is 11.8 Å². The summed E-state index contributed by atoms with van der Waals surface area (Å²) in [5, 5.41) is 0. The Bertz CT molecular complexity index is 353. The van der Waals surface area contributed by atoms with Gasteiger partial charge in [0.2, 0.25) is 5.88 Å². The summed E-state index contributed by atoms with van der Waals surface area (Å²) in [7, 11) is -2.12. The summed E-state index contributed by atoms with van der Waals surface area (Å²) in [5.41, 5.74) is 1.18. The summed E-state index contributed by atoms with van der Waals surface area (Å²) in [6, 6.07) is 3.81. The molecule has 0 saturated carbocycles. The molecule has 0 atom stereocenters. The van der Waals surface area contributed by atoms with Gasteiger partial charge in [0.25, 0.3) is 0 Å². The molecule has 0 aromatic carbocycles. The molecule has 0 fully saturated rings. The molecule has 0 unspecified atom stereocenters. The highest BCUT2D eigenvalue weighted by atomic mass is 31.2. The monoisotopic (exact) mass is 227 g/mol. The van der Waals surface area contributed by atoms with E-state index in [1.165, 1.54) is 5.56 Å². The van der Waals surface area contributed by atoms with Crippen LogP contribution in [0.4, 0.5) is 0 Å². The number of rotatable bonds is 4. The lowest BCUT2D eigenvalue weighted by atomic mass is 10.1. The number of hydrogen-bond acceptors (Lipinski definition) is 3. The number of hydrogen-bond donors (Lipinski definition) is 0. The smallest absolute Gasteiger partial charge is 0.213 e. The standard InChI is InChI=1S/C11H18NO2P/c1-9(2)10-5-6-11(12-7-10)14-8-15(3,4)13/h5-7,9H,8H2,1-4H3. The first kappa shape index (κ1) is 12.3. The van der Waals surface area contributed by atoms with Crippen LogP contribution in [0.2, 0.25) is 0 Å². The van der Waals surface area contributed by atoms with Crippen LogP contribution in [0.1, 0.15) is 25.3 Å². The number of aromatic nitrogens is 1. The van der Waals surface area contributed by atoms with E-state index >= 15 is 0 Å². The first-order valence-electron chi connectivity index (χ1n) is 5.01. The zero-order chi connectivity index (χ0) is 11.5. The minimum Gasteiger partial charge on any atom is -0.470 e. The Labute approximate surface area is 91.2 Å². The zero-order valence-electron chi connectivity index (χ0n) is 9.73. The van der Waals surface area contributed by atoms with Crippen LogP contribution in [0.25, 0.3) is 0 Å². The average Bonchev–Trinajstić information content (AvgIpc) is 2.14. The van der Waals surface area contributed by atoms with Gasteiger partial charge in [-0.05, 0) is 24.8 Å². The van der Waals surface area contributed by atoms with Gasteiger partial charge in [-0.3, -0.25) is 0 Å². The summed E-state index contributed by atoms with van der Waals surface area (Å²) >= 11 is 0. The molecule has 3 nitrogen and oxygen atoms in total. The Morgan fingerprint density at radius 1 is 1.40 bits per heavy atom. The van der Waals surface area contributed by atoms with E-state index in [4.69, 9.17) is 4.74 Å². The van der Waals surface area contributed by atoms with Gasteiger partial charge in [-0.1, -0.05) is 19.9 Å². The van der Waals surface area contributed by atoms with Crippen molar-refractivity contribution < 1.29 is 9.30 Å². The predicted octanol–water partition coefficient (Wildman–Crippen LogP) is 3.16. The lowest BCUT2D eigenvalue weighted by Crippen LogP contribution is -1.99. The molecule has 1 aromatic heterocycles. The molecule has 0 saturated heterocycles. The lowest BCUT2D eigenvalue weighted by molar-refractivity contribution is 0.363. The van der Waals surface area contributed by atoms with Crippen molar-refractivity contribution >= 4 is 7.14 Å². The van der Waals surface area contributed by atoms with Crippen molar-refractivity contribution in [1.82, 2.24) is 4.98 Å². The first-order valence-corrected chi connectivity index (χ1v) is 7.80. The molecule has 0 aliphatic rings. The third-order valence-corrected chi connectivity index (χ3v) is 2.70. The van der Waals surface area contributed by atoms with Gasteiger partial charge in [0.05, 0.1) is 0 Å². The normalized spacial score (nSPS) is 11.8. The molecular weight excluding hydrogens is 209 g/mol. The maximum atomic E-state index is 11.4. The molecule has 0 amide bonds. The summed E-state index contributed by atoms with van der Waals surface area (Å²) in [6.45, 7) is 7.64. The molecule has 0 N–H and O–H groups in total. The summed E-state index contributed by atoms with van der Waals surface area (Å²) in [5.74, 6) is 1.01. The first-order chi connectivity index (χ1) is 6.88. The molecule has 1 heterocycles. The Kier molecular flexibility index (Phi) is 3.92. The van der Waals surface area contributed by atoms with Crippen LogP contribution in [0.15, 0.2) is 18.3 Å². The predicted molar refractivity (Wildman–Crippen MR) is 63.3 cm³/mol. The third kappa shape index (κ3) is 4.48. The van der Waals surface area contributed by atoms with E-state index < -0.39 is 7.14 Å². The Morgan fingerprint density at radius 3 is 2.47 bits per heavy atom. The minimum absolute atomic E-state index is 0.251. The SMILES string of the molecule is CC(C)c1ccc(OCP(C)(C)=O)nc1. The second-order valence-electron chi connectivity index (χ2n) is 4.43. The van der Waals surface area contributed by atoms with Gasteiger partial charge in [0.15, 0.2) is 0 Å². The molecule has 0 bridgehead atoms. The second kappa shape index (κ2) is 4.80. The van der Waals surface area contributed by atoms with Crippen LogP contribution in [0, 0.1) is 0 Å². The molecule has 0 spiro atoms.